The summed E-state index contributed by atoms with van der Waals surface area (Å²) < 4.78 is 0. The zero-order valence-electron chi connectivity index (χ0n) is 13.0. The lowest BCUT2D eigenvalue weighted by Gasteiger charge is -2.25. The molecule has 2 fully saturated rings. The van der Waals surface area contributed by atoms with E-state index in [-0.39, 0.29) is 11.9 Å². The highest BCUT2D eigenvalue weighted by Crippen LogP contribution is 2.40. The van der Waals surface area contributed by atoms with Crippen LogP contribution in [0.2, 0.25) is 0 Å². The predicted molar refractivity (Wildman–Crippen MR) is 85.7 cm³/mol. The standard InChI is InChI=1S/C17H23N3O2/c1-18-16(21)11-12-4-8-14(9-5-12)19-17(22)20-10-2-3-15(20)13-6-7-13/h4-5,8-9,13,15H,2-3,6-7,10-11H2,1H3,(H,18,21)(H,19,22). The van der Waals surface area contributed by atoms with Crippen LogP contribution in [0.25, 0.3) is 0 Å². The van der Waals surface area contributed by atoms with E-state index in [0.29, 0.717) is 12.5 Å². The average Bonchev–Trinajstić information content (AvgIpc) is 3.25. The van der Waals surface area contributed by atoms with Crippen molar-refractivity contribution in [1.82, 2.24) is 10.2 Å². The predicted octanol–water partition coefficient (Wildman–Crippen LogP) is 2.38. The second-order valence-corrected chi connectivity index (χ2v) is 6.22. The Bertz CT molecular complexity index is 552. The molecule has 5 nitrogen and oxygen atoms in total. The van der Waals surface area contributed by atoms with Crippen LogP contribution in [0.15, 0.2) is 24.3 Å². The molecule has 2 N–H and O–H groups in total. The molecular weight excluding hydrogens is 278 g/mol. The van der Waals surface area contributed by atoms with Gasteiger partial charge in [-0.1, -0.05) is 12.1 Å². The number of carbonyl (C=O) groups excluding carboxylic acids is 2. The first kappa shape index (κ1) is 14.9. The van der Waals surface area contributed by atoms with E-state index >= 15 is 0 Å². The normalized spacial score (nSPS) is 20.8. The number of nitrogens with zero attached hydrogens (tertiary/aromatic N) is 1. The fraction of sp³-hybridized carbons (Fsp3) is 0.529. The van der Waals surface area contributed by atoms with Crippen molar-refractivity contribution in [2.24, 2.45) is 5.92 Å². The number of carbonyl (C=O) groups is 2. The highest BCUT2D eigenvalue weighted by Gasteiger charge is 2.39. The highest BCUT2D eigenvalue weighted by molar-refractivity contribution is 5.90. The number of amides is 3. The van der Waals surface area contributed by atoms with Crippen molar-refractivity contribution < 1.29 is 9.59 Å². The van der Waals surface area contributed by atoms with Crippen LogP contribution >= 0.6 is 0 Å². The second-order valence-electron chi connectivity index (χ2n) is 6.22. The van der Waals surface area contributed by atoms with Gasteiger partial charge >= 0.3 is 6.03 Å². The number of hydrogen-bond donors (Lipinski definition) is 2. The topological polar surface area (TPSA) is 61.4 Å². The Morgan fingerprint density at radius 2 is 1.91 bits per heavy atom. The van der Waals surface area contributed by atoms with Crippen molar-refractivity contribution in [1.29, 1.82) is 0 Å². The summed E-state index contributed by atoms with van der Waals surface area (Å²) in [7, 11) is 1.63. The van der Waals surface area contributed by atoms with E-state index in [4.69, 9.17) is 0 Å². The third-order valence-electron chi connectivity index (χ3n) is 4.57. The third-order valence-corrected chi connectivity index (χ3v) is 4.57. The SMILES string of the molecule is CNC(=O)Cc1ccc(NC(=O)N2CCCC2C2CC2)cc1. The van der Waals surface area contributed by atoms with Crippen LogP contribution < -0.4 is 10.6 Å². The minimum atomic E-state index is -0.0128. The molecule has 1 saturated carbocycles. The molecule has 1 aliphatic carbocycles. The summed E-state index contributed by atoms with van der Waals surface area (Å²) >= 11 is 0. The molecule has 22 heavy (non-hydrogen) atoms. The summed E-state index contributed by atoms with van der Waals surface area (Å²) in [5.74, 6) is 0.712. The quantitative estimate of drug-likeness (QED) is 0.897. The number of rotatable bonds is 4. The molecule has 1 heterocycles. The number of hydrogen-bond acceptors (Lipinski definition) is 2. The maximum atomic E-state index is 12.4. The minimum absolute atomic E-state index is 0.00783. The van der Waals surface area contributed by atoms with E-state index in [0.717, 1.165) is 36.6 Å². The fourth-order valence-electron chi connectivity index (χ4n) is 3.19. The van der Waals surface area contributed by atoms with Gasteiger partial charge in [0.1, 0.15) is 0 Å². The molecule has 0 bridgehead atoms. The van der Waals surface area contributed by atoms with Gasteiger partial charge in [-0.05, 0) is 49.3 Å². The molecule has 0 aromatic heterocycles. The molecule has 118 valence electrons. The van der Waals surface area contributed by atoms with Crippen molar-refractivity contribution in [3.63, 3.8) is 0 Å². The maximum absolute atomic E-state index is 12.4. The van der Waals surface area contributed by atoms with Gasteiger partial charge in [0, 0.05) is 25.3 Å². The lowest BCUT2D eigenvalue weighted by Crippen LogP contribution is -2.39. The van der Waals surface area contributed by atoms with Crippen LogP contribution in [-0.2, 0) is 11.2 Å². The van der Waals surface area contributed by atoms with Gasteiger partial charge in [-0.2, -0.15) is 0 Å². The summed E-state index contributed by atoms with van der Waals surface area (Å²) in [4.78, 5) is 25.7. The average molecular weight is 301 g/mol. The van der Waals surface area contributed by atoms with E-state index in [1.165, 1.54) is 12.8 Å². The van der Waals surface area contributed by atoms with Crippen LogP contribution in [0.3, 0.4) is 0 Å². The number of nitrogens with one attached hydrogen (secondary N) is 2. The van der Waals surface area contributed by atoms with Crippen LogP contribution in [-0.4, -0.2) is 36.5 Å². The fourth-order valence-corrected chi connectivity index (χ4v) is 3.19. The van der Waals surface area contributed by atoms with Gasteiger partial charge < -0.3 is 15.5 Å². The molecule has 0 spiro atoms. The molecule has 2 aliphatic rings. The van der Waals surface area contributed by atoms with Crippen molar-refractivity contribution in [3.05, 3.63) is 29.8 Å². The van der Waals surface area contributed by atoms with Crippen LogP contribution in [0.1, 0.15) is 31.2 Å². The van der Waals surface area contributed by atoms with Gasteiger partial charge in [-0.3, -0.25) is 4.79 Å². The molecule has 3 rings (SSSR count). The maximum Gasteiger partial charge on any atom is 0.322 e. The summed E-state index contributed by atoms with van der Waals surface area (Å²) in [6.45, 7) is 0.863. The Kier molecular flexibility index (Phi) is 4.32. The Balaban J connectivity index is 1.58. The Morgan fingerprint density at radius 1 is 1.18 bits per heavy atom. The monoisotopic (exact) mass is 301 g/mol. The van der Waals surface area contributed by atoms with Gasteiger partial charge in [0.15, 0.2) is 0 Å². The Labute approximate surface area is 131 Å². The van der Waals surface area contributed by atoms with Crippen LogP contribution in [0, 0.1) is 5.92 Å². The number of benzene rings is 1. The summed E-state index contributed by atoms with van der Waals surface area (Å²) in [6, 6.07) is 7.93. The van der Waals surface area contributed by atoms with Crippen LogP contribution in [0.5, 0.6) is 0 Å². The molecule has 1 aromatic rings. The number of likely N-dealkylation sites (N-methyl/N-ethyl adjacent to an activating group) is 1. The largest absolute Gasteiger partial charge is 0.359 e. The molecular formula is C17H23N3O2. The highest BCUT2D eigenvalue weighted by atomic mass is 16.2. The summed E-state index contributed by atoms with van der Waals surface area (Å²) in [5.41, 5.74) is 1.72. The van der Waals surface area contributed by atoms with Crippen molar-refractivity contribution in [2.45, 2.75) is 38.1 Å². The Morgan fingerprint density at radius 3 is 2.55 bits per heavy atom. The molecule has 1 unspecified atom stereocenters. The van der Waals surface area contributed by atoms with E-state index < -0.39 is 0 Å². The number of anilines is 1. The molecule has 5 heteroatoms. The van der Waals surface area contributed by atoms with E-state index in [1.54, 1.807) is 7.05 Å². The summed E-state index contributed by atoms with van der Waals surface area (Å²) in [6.07, 6.45) is 5.15. The van der Waals surface area contributed by atoms with Gasteiger partial charge in [-0.15, -0.1) is 0 Å². The first-order valence-corrected chi connectivity index (χ1v) is 8.04. The molecule has 0 radical (unpaired) electrons. The van der Waals surface area contributed by atoms with Crippen molar-refractivity contribution in [3.8, 4) is 0 Å². The van der Waals surface area contributed by atoms with Crippen molar-refractivity contribution in [2.75, 3.05) is 18.9 Å². The smallest absolute Gasteiger partial charge is 0.322 e. The van der Waals surface area contributed by atoms with E-state index in [1.807, 2.05) is 29.2 Å². The first-order valence-electron chi connectivity index (χ1n) is 8.04. The number of likely N-dealkylation sites (tertiary alicyclic amines) is 1. The second kappa shape index (κ2) is 6.38. The molecule has 1 aliphatic heterocycles. The van der Waals surface area contributed by atoms with Gasteiger partial charge in [-0.25, -0.2) is 4.79 Å². The van der Waals surface area contributed by atoms with Gasteiger partial charge in [0.05, 0.1) is 6.42 Å². The third kappa shape index (κ3) is 3.40. The minimum Gasteiger partial charge on any atom is -0.359 e. The molecule has 1 aromatic carbocycles. The Hall–Kier alpha value is -2.04. The lowest BCUT2D eigenvalue weighted by atomic mass is 10.1. The lowest BCUT2D eigenvalue weighted by molar-refractivity contribution is -0.119. The molecule has 1 atom stereocenters. The van der Waals surface area contributed by atoms with Crippen LogP contribution in [0.4, 0.5) is 10.5 Å². The summed E-state index contributed by atoms with van der Waals surface area (Å²) in [5, 5.41) is 5.58. The first-order chi connectivity index (χ1) is 10.7. The van der Waals surface area contributed by atoms with E-state index in [9.17, 15) is 9.59 Å². The van der Waals surface area contributed by atoms with Crippen molar-refractivity contribution >= 4 is 17.6 Å². The van der Waals surface area contributed by atoms with Gasteiger partial charge in [0.25, 0.3) is 0 Å². The molecule has 1 saturated heterocycles. The van der Waals surface area contributed by atoms with Gasteiger partial charge in [0.2, 0.25) is 5.91 Å². The zero-order chi connectivity index (χ0) is 15.5. The molecule has 3 amide bonds. The number of urea groups is 1. The zero-order valence-corrected chi connectivity index (χ0v) is 13.0. The van der Waals surface area contributed by atoms with E-state index in [2.05, 4.69) is 10.6 Å².